The third kappa shape index (κ3) is 2.86. The summed E-state index contributed by atoms with van der Waals surface area (Å²) in [7, 11) is 4.92. The van der Waals surface area contributed by atoms with Crippen molar-refractivity contribution in [1.82, 2.24) is 0 Å². The Labute approximate surface area is 119 Å². The molecule has 4 nitrogen and oxygen atoms in total. The highest BCUT2D eigenvalue weighted by molar-refractivity contribution is 5.69. The second-order valence-electron chi connectivity index (χ2n) is 4.33. The van der Waals surface area contributed by atoms with Gasteiger partial charge in [-0.25, -0.2) is 0 Å². The van der Waals surface area contributed by atoms with E-state index < -0.39 is 0 Å². The molecule has 2 aromatic carbocycles. The molecule has 4 heteroatoms. The highest BCUT2D eigenvalue weighted by atomic mass is 16.5. The number of hydrogen-bond acceptors (Lipinski definition) is 4. The minimum absolute atomic E-state index is 0.429. The summed E-state index contributed by atoms with van der Waals surface area (Å²) in [6.45, 7) is 0.429. The molecule has 0 aromatic heterocycles. The maximum absolute atomic E-state index is 5.76. The van der Waals surface area contributed by atoms with Crippen molar-refractivity contribution in [3.8, 4) is 28.4 Å². The average molecular weight is 273 g/mol. The molecule has 0 saturated carbocycles. The van der Waals surface area contributed by atoms with E-state index in [2.05, 4.69) is 0 Å². The van der Waals surface area contributed by atoms with Crippen molar-refractivity contribution in [3.05, 3.63) is 42.0 Å². The van der Waals surface area contributed by atoms with Gasteiger partial charge in [-0.2, -0.15) is 0 Å². The fourth-order valence-corrected chi connectivity index (χ4v) is 2.09. The van der Waals surface area contributed by atoms with Crippen molar-refractivity contribution < 1.29 is 14.2 Å². The van der Waals surface area contributed by atoms with Gasteiger partial charge < -0.3 is 19.9 Å². The highest BCUT2D eigenvalue weighted by Crippen LogP contribution is 2.32. The quantitative estimate of drug-likeness (QED) is 0.910. The fourth-order valence-electron chi connectivity index (χ4n) is 2.09. The Morgan fingerprint density at radius 2 is 1.45 bits per heavy atom. The zero-order valence-electron chi connectivity index (χ0n) is 12.0. The summed E-state index contributed by atoms with van der Waals surface area (Å²) in [6, 6.07) is 11.7. The Balaban J connectivity index is 2.50. The van der Waals surface area contributed by atoms with Gasteiger partial charge >= 0.3 is 0 Å². The van der Waals surface area contributed by atoms with Crippen LogP contribution in [0.15, 0.2) is 36.4 Å². The minimum atomic E-state index is 0.429. The average Bonchev–Trinajstić information content (AvgIpc) is 2.53. The van der Waals surface area contributed by atoms with E-state index in [1.165, 1.54) is 0 Å². The van der Waals surface area contributed by atoms with Crippen LogP contribution in [0.5, 0.6) is 17.2 Å². The Morgan fingerprint density at radius 3 is 1.95 bits per heavy atom. The molecule has 0 radical (unpaired) electrons. The summed E-state index contributed by atoms with van der Waals surface area (Å²) < 4.78 is 15.9. The normalized spacial score (nSPS) is 10.2. The van der Waals surface area contributed by atoms with Crippen molar-refractivity contribution in [2.75, 3.05) is 21.3 Å². The Morgan fingerprint density at radius 1 is 0.800 bits per heavy atom. The van der Waals surface area contributed by atoms with Gasteiger partial charge in [0.25, 0.3) is 0 Å². The van der Waals surface area contributed by atoms with Gasteiger partial charge in [-0.15, -0.1) is 0 Å². The molecule has 0 fully saturated rings. The summed E-state index contributed by atoms with van der Waals surface area (Å²) in [5.74, 6) is 2.31. The lowest BCUT2D eigenvalue weighted by atomic mass is 10.0. The molecule has 0 heterocycles. The van der Waals surface area contributed by atoms with Crippen LogP contribution in [0, 0.1) is 0 Å². The monoisotopic (exact) mass is 273 g/mol. The molecular formula is C16H19NO3. The standard InChI is InChI=1S/C16H19NO3/c1-18-14-7-12(8-15(9-14)19-2)11-4-5-16(20-3)13(6-11)10-17/h4-9H,10,17H2,1-3H3. The summed E-state index contributed by atoms with van der Waals surface area (Å²) in [5.41, 5.74) is 8.78. The zero-order chi connectivity index (χ0) is 14.5. The van der Waals surface area contributed by atoms with Gasteiger partial charge in [0.15, 0.2) is 0 Å². The molecular weight excluding hydrogens is 254 g/mol. The minimum Gasteiger partial charge on any atom is -0.497 e. The molecule has 0 amide bonds. The molecule has 0 unspecified atom stereocenters. The number of hydrogen-bond donors (Lipinski definition) is 1. The maximum Gasteiger partial charge on any atom is 0.123 e. The van der Waals surface area contributed by atoms with E-state index in [1.54, 1.807) is 21.3 Å². The van der Waals surface area contributed by atoms with Crippen molar-refractivity contribution in [3.63, 3.8) is 0 Å². The van der Waals surface area contributed by atoms with Crippen LogP contribution >= 0.6 is 0 Å². The van der Waals surface area contributed by atoms with E-state index in [9.17, 15) is 0 Å². The number of rotatable bonds is 5. The molecule has 106 valence electrons. The lowest BCUT2D eigenvalue weighted by Crippen LogP contribution is -2.00. The number of nitrogens with two attached hydrogens (primary N) is 1. The number of methoxy groups -OCH3 is 3. The molecule has 2 N–H and O–H groups in total. The lowest BCUT2D eigenvalue weighted by Gasteiger charge is -2.11. The van der Waals surface area contributed by atoms with Crippen LogP contribution in [-0.4, -0.2) is 21.3 Å². The van der Waals surface area contributed by atoms with E-state index in [1.807, 2.05) is 36.4 Å². The van der Waals surface area contributed by atoms with Crippen LogP contribution in [0.25, 0.3) is 11.1 Å². The molecule has 0 atom stereocenters. The van der Waals surface area contributed by atoms with Gasteiger partial charge in [0.1, 0.15) is 17.2 Å². The Bertz CT molecular complexity index is 574. The van der Waals surface area contributed by atoms with Gasteiger partial charge in [0, 0.05) is 18.2 Å². The van der Waals surface area contributed by atoms with E-state index in [-0.39, 0.29) is 0 Å². The topological polar surface area (TPSA) is 53.7 Å². The van der Waals surface area contributed by atoms with Crippen molar-refractivity contribution in [2.24, 2.45) is 5.73 Å². The first kappa shape index (κ1) is 14.2. The summed E-state index contributed by atoms with van der Waals surface area (Å²) in [5, 5.41) is 0. The number of ether oxygens (including phenoxy) is 3. The van der Waals surface area contributed by atoms with Gasteiger partial charge in [-0.3, -0.25) is 0 Å². The molecule has 2 aromatic rings. The predicted octanol–water partition coefficient (Wildman–Crippen LogP) is 2.84. The third-order valence-corrected chi connectivity index (χ3v) is 3.19. The first-order chi connectivity index (χ1) is 9.71. The summed E-state index contributed by atoms with van der Waals surface area (Å²) in [6.07, 6.45) is 0. The Hall–Kier alpha value is -2.20. The van der Waals surface area contributed by atoms with Crippen LogP contribution in [0.1, 0.15) is 5.56 Å². The molecule has 0 aliphatic rings. The smallest absolute Gasteiger partial charge is 0.123 e. The molecule has 0 spiro atoms. The van der Waals surface area contributed by atoms with Crippen LogP contribution in [0.3, 0.4) is 0 Å². The highest BCUT2D eigenvalue weighted by Gasteiger charge is 2.07. The van der Waals surface area contributed by atoms with Gasteiger partial charge in [0.2, 0.25) is 0 Å². The molecule has 0 bridgehead atoms. The van der Waals surface area contributed by atoms with E-state index >= 15 is 0 Å². The zero-order valence-corrected chi connectivity index (χ0v) is 12.0. The second-order valence-corrected chi connectivity index (χ2v) is 4.33. The van der Waals surface area contributed by atoms with Crippen LogP contribution < -0.4 is 19.9 Å². The predicted molar refractivity (Wildman–Crippen MR) is 79.4 cm³/mol. The van der Waals surface area contributed by atoms with Gasteiger partial charge in [-0.1, -0.05) is 6.07 Å². The summed E-state index contributed by atoms with van der Waals surface area (Å²) in [4.78, 5) is 0. The number of benzene rings is 2. The van der Waals surface area contributed by atoms with Gasteiger partial charge in [-0.05, 0) is 35.4 Å². The van der Waals surface area contributed by atoms with E-state index in [0.717, 1.165) is 33.9 Å². The molecule has 2 rings (SSSR count). The Kier molecular flexibility index (Phi) is 4.48. The van der Waals surface area contributed by atoms with E-state index in [4.69, 9.17) is 19.9 Å². The summed E-state index contributed by atoms with van der Waals surface area (Å²) >= 11 is 0. The van der Waals surface area contributed by atoms with Crippen LogP contribution in [-0.2, 0) is 6.54 Å². The third-order valence-electron chi connectivity index (χ3n) is 3.19. The van der Waals surface area contributed by atoms with Gasteiger partial charge in [0.05, 0.1) is 21.3 Å². The van der Waals surface area contributed by atoms with Crippen molar-refractivity contribution in [2.45, 2.75) is 6.54 Å². The SMILES string of the molecule is COc1cc(OC)cc(-c2ccc(OC)c(CN)c2)c1. The van der Waals surface area contributed by atoms with E-state index in [0.29, 0.717) is 6.54 Å². The lowest BCUT2D eigenvalue weighted by molar-refractivity contribution is 0.394. The largest absolute Gasteiger partial charge is 0.497 e. The van der Waals surface area contributed by atoms with Crippen LogP contribution in [0.2, 0.25) is 0 Å². The molecule has 20 heavy (non-hydrogen) atoms. The van der Waals surface area contributed by atoms with Crippen molar-refractivity contribution in [1.29, 1.82) is 0 Å². The first-order valence-electron chi connectivity index (χ1n) is 6.32. The van der Waals surface area contributed by atoms with Crippen LogP contribution in [0.4, 0.5) is 0 Å². The fraction of sp³-hybridized carbons (Fsp3) is 0.250. The maximum atomic E-state index is 5.76. The molecule has 0 aliphatic carbocycles. The molecule has 0 saturated heterocycles. The second kappa shape index (κ2) is 6.30. The molecule has 0 aliphatic heterocycles. The van der Waals surface area contributed by atoms with Crippen molar-refractivity contribution >= 4 is 0 Å². The first-order valence-corrected chi connectivity index (χ1v) is 6.32.